The summed E-state index contributed by atoms with van der Waals surface area (Å²) in [4.78, 5) is 8.50. The Morgan fingerprint density at radius 3 is 3.00 bits per heavy atom. The lowest BCUT2D eigenvalue weighted by molar-refractivity contribution is 0.158. The Kier molecular flexibility index (Phi) is 3.26. The van der Waals surface area contributed by atoms with Crippen molar-refractivity contribution in [2.75, 3.05) is 13.1 Å². The van der Waals surface area contributed by atoms with Crippen molar-refractivity contribution >= 4 is 37.5 Å². The second-order valence-electron chi connectivity index (χ2n) is 4.01. The van der Waals surface area contributed by atoms with E-state index in [1.807, 2.05) is 5.38 Å². The highest BCUT2D eigenvalue weighted by Gasteiger charge is 2.17. The Hall–Kier alpha value is -0.720. The highest BCUT2D eigenvalue weighted by Crippen LogP contribution is 2.34. The minimum absolute atomic E-state index is 0.273. The highest BCUT2D eigenvalue weighted by molar-refractivity contribution is 9.10. The molecule has 2 aromatic heterocycles. The van der Waals surface area contributed by atoms with Crippen LogP contribution in [0.5, 0.6) is 5.88 Å². The first kappa shape index (κ1) is 11.4. The summed E-state index contributed by atoms with van der Waals surface area (Å²) in [6.07, 6.45) is 3.92. The number of thiophene rings is 1. The van der Waals surface area contributed by atoms with Crippen molar-refractivity contribution < 1.29 is 4.74 Å². The molecule has 0 saturated carbocycles. The van der Waals surface area contributed by atoms with E-state index in [1.165, 1.54) is 0 Å². The summed E-state index contributed by atoms with van der Waals surface area (Å²) < 4.78 is 8.02. The number of fused-ring (bicyclic) bond motifs is 1. The van der Waals surface area contributed by atoms with Crippen LogP contribution in [0.2, 0.25) is 0 Å². The maximum atomic E-state index is 5.98. The number of nitrogens with zero attached hydrogens (tertiary/aromatic N) is 2. The van der Waals surface area contributed by atoms with Gasteiger partial charge in [-0.05, 0) is 41.9 Å². The molecule has 6 heteroatoms. The number of piperidine rings is 1. The Labute approximate surface area is 112 Å². The Balaban J connectivity index is 1.89. The SMILES string of the molecule is Brc1csc2c(OC3CCNCC3)ncnc12. The second-order valence-corrected chi connectivity index (χ2v) is 5.74. The first-order valence-corrected chi connectivity index (χ1v) is 7.27. The van der Waals surface area contributed by atoms with Crippen LogP contribution in [-0.4, -0.2) is 29.2 Å². The molecule has 1 saturated heterocycles. The van der Waals surface area contributed by atoms with Crippen LogP contribution in [0.4, 0.5) is 0 Å². The zero-order valence-corrected chi connectivity index (χ0v) is 11.6. The molecule has 3 heterocycles. The van der Waals surface area contributed by atoms with Gasteiger partial charge in [0, 0.05) is 5.38 Å². The van der Waals surface area contributed by atoms with Gasteiger partial charge in [-0.2, -0.15) is 0 Å². The molecule has 1 aliphatic heterocycles. The van der Waals surface area contributed by atoms with E-state index in [0.29, 0.717) is 0 Å². The average molecular weight is 314 g/mol. The van der Waals surface area contributed by atoms with Gasteiger partial charge in [-0.3, -0.25) is 0 Å². The number of ether oxygens (including phenoxy) is 1. The molecule has 0 bridgehead atoms. The van der Waals surface area contributed by atoms with Crippen molar-refractivity contribution in [1.82, 2.24) is 15.3 Å². The quantitative estimate of drug-likeness (QED) is 0.925. The van der Waals surface area contributed by atoms with Crippen LogP contribution in [0.15, 0.2) is 16.2 Å². The third-order valence-electron chi connectivity index (χ3n) is 2.84. The Morgan fingerprint density at radius 1 is 1.35 bits per heavy atom. The van der Waals surface area contributed by atoms with Crippen molar-refractivity contribution in [3.05, 3.63) is 16.2 Å². The summed E-state index contributed by atoms with van der Waals surface area (Å²) in [6, 6.07) is 0. The van der Waals surface area contributed by atoms with Crippen molar-refractivity contribution in [3.63, 3.8) is 0 Å². The van der Waals surface area contributed by atoms with Gasteiger partial charge in [0.1, 0.15) is 22.6 Å². The number of rotatable bonds is 2. The number of hydrogen-bond acceptors (Lipinski definition) is 5. The van der Waals surface area contributed by atoms with Gasteiger partial charge in [-0.15, -0.1) is 11.3 Å². The molecule has 1 fully saturated rings. The molecule has 0 atom stereocenters. The number of nitrogens with one attached hydrogen (secondary N) is 1. The predicted octanol–water partition coefficient (Wildman–Crippen LogP) is 2.58. The van der Waals surface area contributed by atoms with Gasteiger partial charge in [0.05, 0.1) is 4.47 Å². The first-order valence-electron chi connectivity index (χ1n) is 5.59. The van der Waals surface area contributed by atoms with E-state index in [1.54, 1.807) is 17.7 Å². The van der Waals surface area contributed by atoms with Crippen molar-refractivity contribution in [2.24, 2.45) is 0 Å². The fraction of sp³-hybridized carbons (Fsp3) is 0.455. The molecule has 17 heavy (non-hydrogen) atoms. The first-order chi connectivity index (χ1) is 8.34. The maximum Gasteiger partial charge on any atom is 0.235 e. The molecule has 0 unspecified atom stereocenters. The molecular formula is C11H12BrN3OS. The third kappa shape index (κ3) is 2.29. The second kappa shape index (κ2) is 4.88. The summed E-state index contributed by atoms with van der Waals surface area (Å²) in [5.74, 6) is 0.720. The molecule has 0 aromatic carbocycles. The third-order valence-corrected chi connectivity index (χ3v) is 4.71. The Bertz CT molecular complexity index is 524. The lowest BCUT2D eigenvalue weighted by Crippen LogP contribution is -2.34. The smallest absolute Gasteiger partial charge is 0.235 e. The molecule has 2 aromatic rings. The summed E-state index contributed by atoms with van der Waals surface area (Å²) in [6.45, 7) is 2.04. The van der Waals surface area contributed by atoms with Crippen LogP contribution in [0.3, 0.4) is 0 Å². The summed E-state index contributed by atoms with van der Waals surface area (Å²) >= 11 is 5.10. The molecule has 1 N–H and O–H groups in total. The fourth-order valence-corrected chi connectivity index (χ4v) is 3.48. The molecule has 0 amide bonds. The van der Waals surface area contributed by atoms with E-state index in [2.05, 4.69) is 31.2 Å². The van der Waals surface area contributed by atoms with Gasteiger partial charge < -0.3 is 10.1 Å². The molecule has 0 aliphatic carbocycles. The minimum atomic E-state index is 0.273. The van der Waals surface area contributed by atoms with E-state index >= 15 is 0 Å². The van der Waals surface area contributed by atoms with Crippen LogP contribution in [0.1, 0.15) is 12.8 Å². The monoisotopic (exact) mass is 313 g/mol. The molecule has 1 aliphatic rings. The topological polar surface area (TPSA) is 47.0 Å². The molecular weight excluding hydrogens is 302 g/mol. The number of aromatic nitrogens is 2. The fourth-order valence-electron chi connectivity index (χ4n) is 1.96. The lowest BCUT2D eigenvalue weighted by Gasteiger charge is -2.23. The zero-order valence-electron chi connectivity index (χ0n) is 9.15. The van der Waals surface area contributed by atoms with E-state index in [-0.39, 0.29) is 6.10 Å². The van der Waals surface area contributed by atoms with E-state index in [9.17, 15) is 0 Å². The van der Waals surface area contributed by atoms with E-state index in [4.69, 9.17) is 4.74 Å². The number of hydrogen-bond donors (Lipinski definition) is 1. The van der Waals surface area contributed by atoms with Gasteiger partial charge >= 0.3 is 0 Å². The van der Waals surface area contributed by atoms with Gasteiger partial charge in [0.15, 0.2) is 0 Å². The predicted molar refractivity (Wildman–Crippen MR) is 71.6 cm³/mol. The molecule has 4 nitrogen and oxygen atoms in total. The standard InChI is InChI=1S/C11H12BrN3OS/c12-8-5-17-10-9(8)14-6-15-11(10)16-7-1-3-13-4-2-7/h5-7,13H,1-4H2. The van der Waals surface area contributed by atoms with Gasteiger partial charge in [0.25, 0.3) is 0 Å². The average Bonchev–Trinajstić information content (AvgIpc) is 2.74. The van der Waals surface area contributed by atoms with Crippen LogP contribution < -0.4 is 10.1 Å². The van der Waals surface area contributed by atoms with Crippen molar-refractivity contribution in [3.8, 4) is 5.88 Å². The van der Waals surface area contributed by atoms with Gasteiger partial charge in [-0.1, -0.05) is 0 Å². The molecule has 0 radical (unpaired) electrons. The summed E-state index contributed by atoms with van der Waals surface area (Å²) in [5, 5.41) is 5.35. The van der Waals surface area contributed by atoms with Crippen LogP contribution >= 0.6 is 27.3 Å². The molecule has 90 valence electrons. The van der Waals surface area contributed by atoms with Crippen LogP contribution in [-0.2, 0) is 0 Å². The van der Waals surface area contributed by atoms with Crippen LogP contribution in [0, 0.1) is 0 Å². The van der Waals surface area contributed by atoms with Crippen LogP contribution in [0.25, 0.3) is 10.2 Å². The van der Waals surface area contributed by atoms with Crippen molar-refractivity contribution in [2.45, 2.75) is 18.9 Å². The largest absolute Gasteiger partial charge is 0.473 e. The van der Waals surface area contributed by atoms with Gasteiger partial charge in [-0.25, -0.2) is 9.97 Å². The summed E-state index contributed by atoms with van der Waals surface area (Å²) in [5.41, 5.74) is 0.939. The summed E-state index contributed by atoms with van der Waals surface area (Å²) in [7, 11) is 0. The molecule has 3 rings (SSSR count). The molecule has 0 spiro atoms. The maximum absolute atomic E-state index is 5.98. The number of halogens is 1. The highest BCUT2D eigenvalue weighted by atomic mass is 79.9. The van der Waals surface area contributed by atoms with Gasteiger partial charge in [0.2, 0.25) is 5.88 Å². The van der Waals surface area contributed by atoms with E-state index < -0.39 is 0 Å². The Morgan fingerprint density at radius 2 is 2.18 bits per heavy atom. The van der Waals surface area contributed by atoms with Crippen molar-refractivity contribution in [1.29, 1.82) is 0 Å². The lowest BCUT2D eigenvalue weighted by atomic mass is 10.1. The minimum Gasteiger partial charge on any atom is -0.473 e. The normalized spacial score (nSPS) is 17.5. The van der Waals surface area contributed by atoms with E-state index in [0.717, 1.165) is 46.5 Å². The zero-order chi connectivity index (χ0) is 11.7.